The summed E-state index contributed by atoms with van der Waals surface area (Å²) < 4.78 is 29.4. The first kappa shape index (κ1) is 21.3. The summed E-state index contributed by atoms with van der Waals surface area (Å²) >= 11 is 0. The molecule has 158 valence electrons. The number of ether oxygens (including phenoxy) is 1. The number of benzene rings is 1. The van der Waals surface area contributed by atoms with E-state index in [2.05, 4.69) is 20.5 Å². The highest BCUT2D eigenvalue weighted by Gasteiger charge is 2.43. The standard InChI is InChI=1S/C20H28N4O4S/c1-20(2,29(26,27)13-14-7-5-4-6-8-14)18(25)22-19-21-17(23-24-19)15-9-11-16(28-3)12-10-15/h9-12,14H,4-8,13H2,1-3H3,(H2,21,22,23,24,25). The van der Waals surface area contributed by atoms with Gasteiger partial charge in [-0.05, 0) is 56.9 Å². The zero-order valence-electron chi connectivity index (χ0n) is 17.1. The minimum absolute atomic E-state index is 0.0426. The van der Waals surface area contributed by atoms with Crippen LogP contribution in [0.25, 0.3) is 11.4 Å². The molecular weight excluding hydrogens is 392 g/mol. The van der Waals surface area contributed by atoms with Crippen molar-refractivity contribution in [2.75, 3.05) is 18.2 Å². The second kappa shape index (κ2) is 8.52. The Morgan fingerprint density at radius 3 is 2.45 bits per heavy atom. The number of H-pyrrole nitrogens is 1. The fraction of sp³-hybridized carbons (Fsp3) is 0.550. The van der Waals surface area contributed by atoms with E-state index in [1.165, 1.54) is 13.8 Å². The Balaban J connectivity index is 1.69. The average Bonchev–Trinajstić information content (AvgIpc) is 3.16. The fourth-order valence-corrected chi connectivity index (χ4v) is 5.17. The lowest BCUT2D eigenvalue weighted by Crippen LogP contribution is -2.47. The number of rotatable bonds is 7. The van der Waals surface area contributed by atoms with Gasteiger partial charge in [-0.25, -0.2) is 8.42 Å². The van der Waals surface area contributed by atoms with Crippen molar-refractivity contribution in [2.45, 2.75) is 50.7 Å². The van der Waals surface area contributed by atoms with Crippen LogP contribution in [0, 0.1) is 5.92 Å². The highest BCUT2D eigenvalue weighted by Crippen LogP contribution is 2.29. The molecule has 0 saturated heterocycles. The number of anilines is 1. The topological polar surface area (TPSA) is 114 Å². The van der Waals surface area contributed by atoms with Crippen LogP contribution in [0.5, 0.6) is 5.75 Å². The maximum absolute atomic E-state index is 12.9. The van der Waals surface area contributed by atoms with Crippen molar-refractivity contribution in [1.82, 2.24) is 15.2 Å². The van der Waals surface area contributed by atoms with Crippen LogP contribution < -0.4 is 10.1 Å². The molecule has 29 heavy (non-hydrogen) atoms. The monoisotopic (exact) mass is 420 g/mol. The van der Waals surface area contributed by atoms with Crippen molar-refractivity contribution in [3.8, 4) is 17.1 Å². The third kappa shape index (κ3) is 4.77. The number of methoxy groups -OCH3 is 1. The van der Waals surface area contributed by atoms with E-state index in [-0.39, 0.29) is 17.6 Å². The van der Waals surface area contributed by atoms with E-state index in [1.54, 1.807) is 19.2 Å². The number of aromatic amines is 1. The van der Waals surface area contributed by atoms with Gasteiger partial charge in [0.25, 0.3) is 0 Å². The van der Waals surface area contributed by atoms with Crippen LogP contribution in [0.15, 0.2) is 24.3 Å². The maximum atomic E-state index is 12.9. The summed E-state index contributed by atoms with van der Waals surface area (Å²) in [6, 6.07) is 7.20. The average molecular weight is 421 g/mol. The second-order valence-corrected chi connectivity index (χ2v) is 10.6. The Morgan fingerprint density at radius 1 is 1.17 bits per heavy atom. The Hall–Kier alpha value is -2.42. The molecule has 9 heteroatoms. The summed E-state index contributed by atoms with van der Waals surface area (Å²) in [7, 11) is -2.04. The minimum Gasteiger partial charge on any atom is -0.497 e. The van der Waals surface area contributed by atoms with Gasteiger partial charge in [0.05, 0.1) is 12.9 Å². The van der Waals surface area contributed by atoms with E-state index in [0.717, 1.165) is 37.7 Å². The molecule has 1 aromatic heterocycles. The van der Waals surface area contributed by atoms with Gasteiger partial charge in [-0.1, -0.05) is 19.3 Å². The minimum atomic E-state index is -3.62. The van der Waals surface area contributed by atoms with Gasteiger partial charge >= 0.3 is 0 Å². The molecule has 2 N–H and O–H groups in total. The van der Waals surface area contributed by atoms with Crippen LogP contribution in [0.3, 0.4) is 0 Å². The molecule has 0 bridgehead atoms. The van der Waals surface area contributed by atoms with Crippen LogP contribution in [0.1, 0.15) is 46.0 Å². The van der Waals surface area contributed by atoms with Crippen LogP contribution in [0.2, 0.25) is 0 Å². The smallest absolute Gasteiger partial charge is 0.247 e. The zero-order chi connectivity index (χ0) is 21.1. The summed E-state index contributed by atoms with van der Waals surface area (Å²) in [6.07, 6.45) is 5.08. The SMILES string of the molecule is COc1ccc(-c2nnc(NC(=O)C(C)(C)S(=O)(=O)CC3CCCCC3)[nH]2)cc1. The van der Waals surface area contributed by atoms with Crippen molar-refractivity contribution in [3.05, 3.63) is 24.3 Å². The largest absolute Gasteiger partial charge is 0.497 e. The van der Waals surface area contributed by atoms with Crippen molar-refractivity contribution >= 4 is 21.7 Å². The van der Waals surface area contributed by atoms with Crippen LogP contribution >= 0.6 is 0 Å². The molecule has 1 aliphatic rings. The molecule has 0 aliphatic heterocycles. The molecular formula is C20H28N4O4S. The second-order valence-electron chi connectivity index (χ2n) is 8.00. The molecule has 2 aromatic rings. The predicted octanol–water partition coefficient (Wildman–Crippen LogP) is 3.19. The van der Waals surface area contributed by atoms with Gasteiger partial charge in [-0.2, -0.15) is 0 Å². The number of sulfone groups is 1. The van der Waals surface area contributed by atoms with E-state index in [1.807, 2.05) is 12.1 Å². The Bertz CT molecular complexity index is 945. The predicted molar refractivity (Wildman–Crippen MR) is 111 cm³/mol. The van der Waals surface area contributed by atoms with Crippen LogP contribution in [0.4, 0.5) is 5.95 Å². The highest BCUT2D eigenvalue weighted by molar-refractivity contribution is 7.93. The van der Waals surface area contributed by atoms with Crippen molar-refractivity contribution in [3.63, 3.8) is 0 Å². The number of amides is 1. The van der Waals surface area contributed by atoms with Crippen LogP contribution in [-0.2, 0) is 14.6 Å². The number of aromatic nitrogens is 3. The third-order valence-electron chi connectivity index (χ3n) is 5.59. The fourth-order valence-electron chi connectivity index (χ4n) is 3.47. The molecule has 1 fully saturated rings. The molecule has 1 heterocycles. The summed E-state index contributed by atoms with van der Waals surface area (Å²) in [5, 5.41) is 10.5. The lowest BCUT2D eigenvalue weighted by Gasteiger charge is -2.27. The van der Waals surface area contributed by atoms with E-state index >= 15 is 0 Å². The van der Waals surface area contributed by atoms with Gasteiger partial charge in [-0.3, -0.25) is 10.1 Å². The van der Waals surface area contributed by atoms with Crippen molar-refractivity contribution < 1.29 is 17.9 Å². The van der Waals surface area contributed by atoms with E-state index in [4.69, 9.17) is 4.74 Å². The number of carbonyl (C=O) groups is 1. The summed E-state index contributed by atoms with van der Waals surface area (Å²) in [6.45, 7) is 2.89. The normalized spacial score (nSPS) is 15.8. The van der Waals surface area contributed by atoms with Gasteiger partial charge in [-0.15, -0.1) is 10.2 Å². The van der Waals surface area contributed by atoms with Gasteiger partial charge in [0.1, 0.15) is 10.5 Å². The molecule has 1 amide bonds. The molecule has 0 atom stereocenters. The van der Waals surface area contributed by atoms with E-state index in [9.17, 15) is 13.2 Å². The maximum Gasteiger partial charge on any atom is 0.247 e. The van der Waals surface area contributed by atoms with Gasteiger partial charge in [0, 0.05) is 5.56 Å². The number of carbonyl (C=O) groups excluding carboxylic acids is 1. The summed E-state index contributed by atoms with van der Waals surface area (Å²) in [5.74, 6) is 0.846. The third-order valence-corrected chi connectivity index (χ3v) is 8.24. The number of hydrogen-bond acceptors (Lipinski definition) is 6. The Kier molecular flexibility index (Phi) is 6.26. The summed E-state index contributed by atoms with van der Waals surface area (Å²) in [5.41, 5.74) is 0.767. The number of hydrogen-bond donors (Lipinski definition) is 2. The zero-order valence-corrected chi connectivity index (χ0v) is 17.9. The van der Waals surface area contributed by atoms with E-state index in [0.29, 0.717) is 11.6 Å². The van der Waals surface area contributed by atoms with Crippen LogP contribution in [-0.4, -0.2) is 47.1 Å². The first-order chi connectivity index (χ1) is 13.7. The molecule has 3 rings (SSSR count). The molecule has 1 aliphatic carbocycles. The quantitative estimate of drug-likeness (QED) is 0.711. The molecule has 0 radical (unpaired) electrons. The molecule has 8 nitrogen and oxygen atoms in total. The first-order valence-corrected chi connectivity index (χ1v) is 11.5. The summed E-state index contributed by atoms with van der Waals surface area (Å²) in [4.78, 5) is 15.7. The van der Waals surface area contributed by atoms with E-state index < -0.39 is 20.5 Å². The van der Waals surface area contributed by atoms with Gasteiger partial charge in [0.2, 0.25) is 11.9 Å². The molecule has 1 saturated carbocycles. The highest BCUT2D eigenvalue weighted by atomic mass is 32.2. The molecule has 0 unspecified atom stereocenters. The Labute approximate surface area is 171 Å². The van der Waals surface area contributed by atoms with Crippen molar-refractivity contribution in [1.29, 1.82) is 0 Å². The van der Waals surface area contributed by atoms with Crippen molar-refractivity contribution in [2.24, 2.45) is 5.92 Å². The number of nitrogens with zero attached hydrogens (tertiary/aromatic N) is 2. The van der Waals surface area contributed by atoms with Gasteiger partial charge in [0.15, 0.2) is 15.7 Å². The van der Waals surface area contributed by atoms with Gasteiger partial charge < -0.3 is 9.72 Å². The lowest BCUT2D eigenvalue weighted by molar-refractivity contribution is -0.117. The first-order valence-electron chi connectivity index (χ1n) is 9.84. The lowest BCUT2D eigenvalue weighted by atomic mass is 9.91. The number of nitrogens with one attached hydrogen (secondary N) is 2. The molecule has 0 spiro atoms. The Morgan fingerprint density at radius 2 is 1.83 bits per heavy atom. The molecule has 1 aromatic carbocycles.